The van der Waals surface area contributed by atoms with E-state index in [2.05, 4.69) is 30.6 Å². The van der Waals surface area contributed by atoms with Gasteiger partial charge in [0.15, 0.2) is 0 Å². The first-order valence-corrected chi connectivity index (χ1v) is 6.87. The quantitative estimate of drug-likeness (QED) is 0.636. The zero-order valence-electron chi connectivity index (χ0n) is 12.1. The van der Waals surface area contributed by atoms with Gasteiger partial charge in [-0.05, 0) is 18.5 Å². The molecular formula is C15H26N2O2. The average molecular weight is 266 g/mol. The van der Waals surface area contributed by atoms with Crippen LogP contribution in [0.2, 0.25) is 0 Å². The fraction of sp³-hybridized carbons (Fsp3) is 0.600. The molecule has 0 saturated carbocycles. The summed E-state index contributed by atoms with van der Waals surface area (Å²) in [7, 11) is 0. The van der Waals surface area contributed by atoms with Crippen molar-refractivity contribution in [2.24, 2.45) is 5.92 Å². The van der Waals surface area contributed by atoms with Gasteiger partial charge >= 0.3 is 0 Å². The Hall–Kier alpha value is -1.10. The summed E-state index contributed by atoms with van der Waals surface area (Å²) in [6.45, 7) is 12.2. The van der Waals surface area contributed by atoms with Crippen LogP contribution in [0.3, 0.4) is 0 Å². The maximum absolute atomic E-state index is 9.04. The van der Waals surface area contributed by atoms with E-state index in [4.69, 9.17) is 9.52 Å². The van der Waals surface area contributed by atoms with Gasteiger partial charge in [0.05, 0.1) is 19.4 Å². The van der Waals surface area contributed by atoms with Crippen LogP contribution < -0.4 is 5.32 Å². The van der Waals surface area contributed by atoms with Crippen molar-refractivity contribution in [3.8, 4) is 0 Å². The van der Waals surface area contributed by atoms with Crippen LogP contribution in [-0.2, 0) is 13.1 Å². The van der Waals surface area contributed by atoms with Crippen molar-refractivity contribution in [3.05, 3.63) is 36.3 Å². The number of furan rings is 1. The fourth-order valence-electron chi connectivity index (χ4n) is 1.92. The minimum atomic E-state index is 0.148. The summed E-state index contributed by atoms with van der Waals surface area (Å²) in [6.07, 6.45) is 3.57. The van der Waals surface area contributed by atoms with E-state index < -0.39 is 0 Å². The Morgan fingerprint density at radius 3 is 2.95 bits per heavy atom. The van der Waals surface area contributed by atoms with E-state index in [9.17, 15) is 0 Å². The van der Waals surface area contributed by atoms with E-state index in [0.29, 0.717) is 19.0 Å². The molecule has 0 radical (unpaired) electrons. The van der Waals surface area contributed by atoms with Crippen LogP contribution in [0.25, 0.3) is 0 Å². The number of nitrogens with one attached hydrogen (secondary N) is 1. The highest BCUT2D eigenvalue weighted by atomic mass is 16.3. The average Bonchev–Trinajstić information content (AvgIpc) is 2.77. The lowest BCUT2D eigenvalue weighted by atomic mass is 10.2. The summed E-state index contributed by atoms with van der Waals surface area (Å²) in [5.74, 6) is 1.61. The summed E-state index contributed by atoms with van der Waals surface area (Å²) in [5, 5.41) is 12.5. The Kier molecular flexibility index (Phi) is 7.48. The van der Waals surface area contributed by atoms with E-state index in [1.807, 2.05) is 12.1 Å². The van der Waals surface area contributed by atoms with Crippen LogP contribution in [0.5, 0.6) is 0 Å². The predicted molar refractivity (Wildman–Crippen MR) is 77.8 cm³/mol. The molecule has 0 saturated heterocycles. The second kappa shape index (κ2) is 8.91. The van der Waals surface area contributed by atoms with Crippen molar-refractivity contribution in [1.29, 1.82) is 0 Å². The van der Waals surface area contributed by atoms with Gasteiger partial charge in [0.25, 0.3) is 0 Å². The van der Waals surface area contributed by atoms with Crippen molar-refractivity contribution >= 4 is 0 Å². The molecular weight excluding hydrogens is 240 g/mol. The van der Waals surface area contributed by atoms with E-state index in [1.165, 1.54) is 5.56 Å². The molecule has 0 aliphatic carbocycles. The smallest absolute Gasteiger partial charge is 0.122 e. The largest absolute Gasteiger partial charge is 0.468 e. The number of hydrogen-bond donors (Lipinski definition) is 2. The van der Waals surface area contributed by atoms with Crippen molar-refractivity contribution in [2.45, 2.75) is 26.9 Å². The number of hydrogen-bond acceptors (Lipinski definition) is 4. The summed E-state index contributed by atoms with van der Waals surface area (Å²) >= 11 is 0. The third kappa shape index (κ3) is 6.05. The SMILES string of the molecule is C=CCN(CCO)Cc1occc1CNCC(C)C. The number of rotatable bonds is 10. The first-order valence-electron chi connectivity index (χ1n) is 6.87. The van der Waals surface area contributed by atoms with Gasteiger partial charge < -0.3 is 14.8 Å². The van der Waals surface area contributed by atoms with Gasteiger partial charge in [-0.2, -0.15) is 0 Å². The highest BCUT2D eigenvalue weighted by Gasteiger charge is 2.11. The summed E-state index contributed by atoms with van der Waals surface area (Å²) in [4.78, 5) is 2.11. The molecule has 1 heterocycles. The maximum atomic E-state index is 9.04. The normalized spacial score (nSPS) is 11.4. The molecule has 0 fully saturated rings. The minimum Gasteiger partial charge on any atom is -0.468 e. The first-order chi connectivity index (χ1) is 9.17. The molecule has 4 heteroatoms. The Bertz CT molecular complexity index is 361. The van der Waals surface area contributed by atoms with Gasteiger partial charge in [0.2, 0.25) is 0 Å². The second-order valence-corrected chi connectivity index (χ2v) is 5.14. The highest BCUT2D eigenvalue weighted by molar-refractivity contribution is 5.16. The topological polar surface area (TPSA) is 48.6 Å². The number of aliphatic hydroxyl groups excluding tert-OH is 1. The molecule has 0 spiro atoms. The predicted octanol–water partition coefficient (Wildman–Crippen LogP) is 2.01. The van der Waals surface area contributed by atoms with Crippen LogP contribution in [0.4, 0.5) is 0 Å². The van der Waals surface area contributed by atoms with Crippen molar-refractivity contribution in [2.75, 3.05) is 26.2 Å². The van der Waals surface area contributed by atoms with Gasteiger partial charge in [-0.15, -0.1) is 6.58 Å². The first kappa shape index (κ1) is 16.0. The van der Waals surface area contributed by atoms with Gasteiger partial charge in [0.1, 0.15) is 5.76 Å². The van der Waals surface area contributed by atoms with Crippen LogP contribution in [0.15, 0.2) is 29.4 Å². The Morgan fingerprint density at radius 1 is 1.53 bits per heavy atom. The summed E-state index contributed by atoms with van der Waals surface area (Å²) < 4.78 is 5.55. The van der Waals surface area contributed by atoms with Crippen molar-refractivity contribution < 1.29 is 9.52 Å². The molecule has 2 N–H and O–H groups in total. The lowest BCUT2D eigenvalue weighted by Crippen LogP contribution is -2.27. The van der Waals surface area contributed by atoms with Gasteiger partial charge in [-0.25, -0.2) is 0 Å². The Balaban J connectivity index is 2.52. The number of aliphatic hydroxyl groups is 1. The standard InChI is InChI=1S/C15H26N2O2/c1-4-6-17(7-8-18)12-15-14(5-9-19-15)11-16-10-13(2)3/h4-5,9,13,16,18H,1,6-8,10-12H2,2-3H3. The minimum absolute atomic E-state index is 0.148. The van der Waals surface area contributed by atoms with Crippen LogP contribution >= 0.6 is 0 Å². The molecule has 4 nitrogen and oxygen atoms in total. The highest BCUT2D eigenvalue weighted by Crippen LogP contribution is 2.13. The molecule has 0 aliphatic heterocycles. The van der Waals surface area contributed by atoms with E-state index in [1.54, 1.807) is 6.26 Å². The second-order valence-electron chi connectivity index (χ2n) is 5.14. The maximum Gasteiger partial charge on any atom is 0.122 e. The van der Waals surface area contributed by atoms with Gasteiger partial charge in [-0.1, -0.05) is 19.9 Å². The molecule has 1 aromatic heterocycles. The fourth-order valence-corrected chi connectivity index (χ4v) is 1.92. The lowest BCUT2D eigenvalue weighted by molar-refractivity contribution is 0.193. The third-order valence-corrected chi connectivity index (χ3v) is 2.88. The monoisotopic (exact) mass is 266 g/mol. The lowest BCUT2D eigenvalue weighted by Gasteiger charge is -2.18. The van der Waals surface area contributed by atoms with Crippen molar-refractivity contribution in [3.63, 3.8) is 0 Å². The molecule has 1 aromatic rings. The molecule has 0 amide bonds. The molecule has 0 atom stereocenters. The third-order valence-electron chi connectivity index (χ3n) is 2.88. The van der Waals surface area contributed by atoms with Gasteiger partial charge in [0, 0.05) is 25.2 Å². The molecule has 0 aromatic carbocycles. The molecule has 0 unspecified atom stereocenters. The molecule has 108 valence electrons. The molecule has 19 heavy (non-hydrogen) atoms. The van der Waals surface area contributed by atoms with Crippen LogP contribution in [0.1, 0.15) is 25.2 Å². The van der Waals surface area contributed by atoms with Crippen molar-refractivity contribution in [1.82, 2.24) is 10.2 Å². The summed E-state index contributed by atoms with van der Waals surface area (Å²) in [6, 6.07) is 2.01. The molecule has 1 rings (SSSR count). The zero-order chi connectivity index (χ0) is 14.1. The molecule has 0 aliphatic rings. The Morgan fingerprint density at radius 2 is 2.32 bits per heavy atom. The molecule has 0 bridgehead atoms. The van der Waals surface area contributed by atoms with Gasteiger partial charge in [-0.3, -0.25) is 4.90 Å². The number of nitrogens with zero attached hydrogens (tertiary/aromatic N) is 1. The van der Waals surface area contributed by atoms with Crippen LogP contribution in [-0.4, -0.2) is 36.2 Å². The Labute approximate surface area is 116 Å². The van der Waals surface area contributed by atoms with E-state index >= 15 is 0 Å². The summed E-state index contributed by atoms with van der Waals surface area (Å²) in [5.41, 5.74) is 1.19. The van der Waals surface area contributed by atoms with E-state index in [-0.39, 0.29) is 6.61 Å². The zero-order valence-corrected chi connectivity index (χ0v) is 12.1. The van der Waals surface area contributed by atoms with Crippen LogP contribution in [0, 0.1) is 5.92 Å². The van der Waals surface area contributed by atoms with E-state index in [0.717, 1.165) is 25.4 Å².